The van der Waals surface area contributed by atoms with E-state index < -0.39 is 5.63 Å². The van der Waals surface area contributed by atoms with Gasteiger partial charge in [-0.05, 0) is 82.5 Å². The van der Waals surface area contributed by atoms with Crippen molar-refractivity contribution in [1.82, 2.24) is 4.90 Å². The molecule has 1 aliphatic rings. The molecule has 6 heteroatoms. The number of likely N-dealkylation sites (tertiary alicyclic amines) is 1. The second-order valence-electron chi connectivity index (χ2n) is 10.3. The number of piperidine rings is 1. The second kappa shape index (κ2) is 11.8. The first kappa shape index (κ1) is 26.7. The van der Waals surface area contributed by atoms with E-state index in [0.29, 0.717) is 11.1 Å². The first-order chi connectivity index (χ1) is 17.7. The third-order valence-corrected chi connectivity index (χ3v) is 7.00. The van der Waals surface area contributed by atoms with E-state index in [1.54, 1.807) is 13.2 Å². The Morgan fingerprint density at radius 1 is 1.05 bits per heavy atom. The number of carbonyl (C=O) groups is 1. The Labute approximate surface area is 218 Å². The van der Waals surface area contributed by atoms with Crippen LogP contribution in [0.2, 0.25) is 0 Å². The number of allylic oxidation sites excluding steroid dienone is 2. The first-order valence-electron chi connectivity index (χ1n) is 13.0. The van der Waals surface area contributed by atoms with Gasteiger partial charge in [-0.1, -0.05) is 23.8 Å². The van der Waals surface area contributed by atoms with Gasteiger partial charge in [-0.15, -0.1) is 0 Å². The van der Waals surface area contributed by atoms with Crippen LogP contribution in [0.3, 0.4) is 0 Å². The van der Waals surface area contributed by atoms with E-state index in [1.807, 2.05) is 37.3 Å². The number of ether oxygens (including phenoxy) is 2. The van der Waals surface area contributed by atoms with Gasteiger partial charge in [-0.2, -0.15) is 0 Å². The number of nitrogens with zero attached hydrogens (tertiary/aromatic N) is 1. The van der Waals surface area contributed by atoms with Crippen LogP contribution in [0.15, 0.2) is 57.3 Å². The van der Waals surface area contributed by atoms with Gasteiger partial charge in [0.2, 0.25) is 0 Å². The van der Waals surface area contributed by atoms with E-state index in [4.69, 9.17) is 13.9 Å². The lowest BCUT2D eigenvalue weighted by molar-refractivity contribution is -0.117. The van der Waals surface area contributed by atoms with Gasteiger partial charge >= 0.3 is 5.63 Å². The number of hydrogen-bond acceptors (Lipinski definition) is 6. The van der Waals surface area contributed by atoms with Crippen molar-refractivity contribution >= 4 is 16.8 Å². The molecule has 4 rings (SSSR count). The Balaban J connectivity index is 1.48. The Hall–Kier alpha value is -3.38. The van der Waals surface area contributed by atoms with Crippen LogP contribution >= 0.6 is 0 Å². The molecule has 1 aliphatic heterocycles. The fourth-order valence-corrected chi connectivity index (χ4v) is 4.80. The third kappa shape index (κ3) is 6.69. The number of Topliss-reactive ketones (excluding diaryl/α,β-unsaturated/α-hetero) is 1. The molecule has 1 saturated heterocycles. The van der Waals surface area contributed by atoms with E-state index in [9.17, 15) is 9.59 Å². The molecular weight excluding hydrogens is 466 g/mol. The number of rotatable bonds is 9. The molecule has 1 fully saturated rings. The molecule has 2 aromatic carbocycles. The van der Waals surface area contributed by atoms with Crippen LogP contribution in [0.1, 0.15) is 48.9 Å². The van der Waals surface area contributed by atoms with Crippen molar-refractivity contribution in [3.63, 3.8) is 0 Å². The predicted molar refractivity (Wildman–Crippen MR) is 147 cm³/mol. The summed E-state index contributed by atoms with van der Waals surface area (Å²) in [6.07, 6.45) is 5.26. The molecule has 0 radical (unpaired) electrons. The minimum absolute atomic E-state index is 0.0283. The first-order valence-corrected chi connectivity index (χ1v) is 13.0. The van der Waals surface area contributed by atoms with Crippen LogP contribution in [0.25, 0.3) is 11.0 Å². The molecule has 2 heterocycles. The van der Waals surface area contributed by atoms with Crippen molar-refractivity contribution in [1.29, 1.82) is 0 Å². The normalized spacial score (nSPS) is 14.5. The highest BCUT2D eigenvalue weighted by atomic mass is 16.5. The zero-order valence-electron chi connectivity index (χ0n) is 22.6. The van der Waals surface area contributed by atoms with Gasteiger partial charge in [0.25, 0.3) is 0 Å². The fraction of sp³-hybridized carbons (Fsp3) is 0.419. The van der Waals surface area contributed by atoms with Gasteiger partial charge in [-0.3, -0.25) is 4.79 Å². The maximum absolute atomic E-state index is 12.9. The highest BCUT2D eigenvalue weighted by molar-refractivity contribution is 5.86. The highest BCUT2D eigenvalue weighted by Gasteiger charge is 2.20. The number of methoxy groups -OCH3 is 1. The summed E-state index contributed by atoms with van der Waals surface area (Å²) in [5.41, 5.74) is 4.40. The number of ketones is 1. The van der Waals surface area contributed by atoms with Gasteiger partial charge in [0.1, 0.15) is 29.0 Å². The molecule has 0 atom stereocenters. The van der Waals surface area contributed by atoms with Crippen molar-refractivity contribution in [3.8, 4) is 11.5 Å². The lowest BCUT2D eigenvalue weighted by Crippen LogP contribution is -2.35. The molecule has 0 N–H and O–H groups in total. The Morgan fingerprint density at radius 3 is 2.49 bits per heavy atom. The van der Waals surface area contributed by atoms with Crippen LogP contribution in [-0.4, -0.2) is 44.0 Å². The summed E-state index contributed by atoms with van der Waals surface area (Å²) < 4.78 is 17.4. The molecule has 0 amide bonds. The van der Waals surface area contributed by atoms with Crippen molar-refractivity contribution in [2.24, 2.45) is 0 Å². The molecule has 0 unspecified atom stereocenters. The zero-order chi connectivity index (χ0) is 26.5. The van der Waals surface area contributed by atoms with Gasteiger partial charge in [0, 0.05) is 42.4 Å². The summed E-state index contributed by atoms with van der Waals surface area (Å²) in [4.78, 5) is 28.0. The molecule has 0 saturated carbocycles. The van der Waals surface area contributed by atoms with Gasteiger partial charge in [-0.25, -0.2) is 4.79 Å². The van der Waals surface area contributed by atoms with E-state index in [2.05, 4.69) is 31.9 Å². The van der Waals surface area contributed by atoms with E-state index in [1.165, 1.54) is 5.57 Å². The lowest BCUT2D eigenvalue weighted by Gasteiger charge is -2.29. The minimum atomic E-state index is -0.473. The summed E-state index contributed by atoms with van der Waals surface area (Å²) in [5, 5.41) is 0.795. The number of fused-ring (bicyclic) bond motifs is 1. The van der Waals surface area contributed by atoms with E-state index in [0.717, 1.165) is 65.9 Å². The van der Waals surface area contributed by atoms with Gasteiger partial charge in [0.15, 0.2) is 0 Å². The van der Waals surface area contributed by atoms with Crippen molar-refractivity contribution in [2.45, 2.75) is 59.0 Å². The molecule has 0 spiro atoms. The average molecular weight is 504 g/mol. The molecule has 37 heavy (non-hydrogen) atoms. The van der Waals surface area contributed by atoms with E-state index >= 15 is 0 Å². The maximum Gasteiger partial charge on any atom is 0.339 e. The van der Waals surface area contributed by atoms with E-state index in [-0.39, 0.29) is 24.7 Å². The lowest BCUT2D eigenvalue weighted by atomic mass is 9.99. The second-order valence-corrected chi connectivity index (χ2v) is 10.3. The van der Waals surface area contributed by atoms with Crippen LogP contribution < -0.4 is 15.1 Å². The molecule has 0 aliphatic carbocycles. The van der Waals surface area contributed by atoms with Crippen LogP contribution in [0.5, 0.6) is 11.5 Å². The molecule has 196 valence electrons. The zero-order valence-corrected chi connectivity index (χ0v) is 22.6. The topological polar surface area (TPSA) is 69.0 Å². The Morgan fingerprint density at radius 2 is 1.78 bits per heavy atom. The SMILES string of the molecule is COc1ccc(CC(=O)Cc2cc3ccc(OC4CCN(C)CC4)c(C)c3oc2=O)cc1CC=C(C)C. The Bertz CT molecular complexity index is 1360. The molecular formula is C31H37NO5. The summed E-state index contributed by atoms with van der Waals surface area (Å²) in [7, 11) is 3.77. The molecule has 3 aromatic rings. The van der Waals surface area contributed by atoms with Crippen LogP contribution in [0.4, 0.5) is 0 Å². The highest BCUT2D eigenvalue weighted by Crippen LogP contribution is 2.29. The summed E-state index contributed by atoms with van der Waals surface area (Å²) in [6, 6.07) is 11.4. The standard InChI is InChI=1S/C31H37NO5/c1-20(2)6-8-23-16-22(7-10-29(23)35-5)17-26(33)19-25-18-24-9-11-28(21(3)30(24)37-31(25)34)36-27-12-14-32(4)15-13-27/h6-7,9-11,16,18,27H,8,12-15,17,19H2,1-5H3. The fourth-order valence-electron chi connectivity index (χ4n) is 4.80. The molecule has 1 aromatic heterocycles. The summed E-state index contributed by atoms with van der Waals surface area (Å²) in [5.74, 6) is 1.51. The Kier molecular flexibility index (Phi) is 8.49. The monoisotopic (exact) mass is 503 g/mol. The van der Waals surface area contributed by atoms with Gasteiger partial charge < -0.3 is 18.8 Å². The van der Waals surface area contributed by atoms with Crippen molar-refractivity contribution < 1.29 is 18.7 Å². The summed E-state index contributed by atoms with van der Waals surface area (Å²) in [6.45, 7) is 8.05. The minimum Gasteiger partial charge on any atom is -0.496 e. The predicted octanol–water partition coefficient (Wildman–Crippen LogP) is 5.45. The molecule has 6 nitrogen and oxygen atoms in total. The number of aryl methyl sites for hydroxylation is 1. The van der Waals surface area contributed by atoms with Crippen LogP contribution in [0, 0.1) is 6.92 Å². The largest absolute Gasteiger partial charge is 0.496 e. The van der Waals surface area contributed by atoms with Crippen molar-refractivity contribution in [3.05, 3.63) is 80.7 Å². The third-order valence-electron chi connectivity index (χ3n) is 7.00. The maximum atomic E-state index is 12.9. The number of benzene rings is 2. The number of hydrogen-bond donors (Lipinski definition) is 0. The average Bonchev–Trinajstić information content (AvgIpc) is 2.87. The quantitative estimate of drug-likeness (QED) is 0.286. The van der Waals surface area contributed by atoms with Crippen LogP contribution in [-0.2, 0) is 24.1 Å². The molecule has 0 bridgehead atoms. The van der Waals surface area contributed by atoms with Gasteiger partial charge in [0.05, 0.1) is 7.11 Å². The smallest absolute Gasteiger partial charge is 0.339 e. The number of carbonyl (C=O) groups excluding carboxylic acids is 1. The van der Waals surface area contributed by atoms with Crippen molar-refractivity contribution in [2.75, 3.05) is 27.2 Å². The summed E-state index contributed by atoms with van der Waals surface area (Å²) >= 11 is 0.